The Morgan fingerprint density at radius 3 is 2.33 bits per heavy atom. The van der Waals surface area contributed by atoms with Gasteiger partial charge in [-0.15, -0.1) is 0 Å². The summed E-state index contributed by atoms with van der Waals surface area (Å²) in [6.07, 6.45) is 0. The van der Waals surface area contributed by atoms with Crippen molar-refractivity contribution >= 4 is 5.84 Å². The van der Waals surface area contributed by atoms with E-state index in [0.717, 1.165) is 13.1 Å². The minimum absolute atomic E-state index is 0.247. The number of oxime groups is 1. The number of rotatable bonds is 5. The molecule has 0 radical (unpaired) electrons. The number of nitrogens with two attached hydrogens (primary N) is 1. The van der Waals surface area contributed by atoms with Crippen molar-refractivity contribution < 1.29 is 5.21 Å². The Morgan fingerprint density at radius 2 is 1.92 bits per heavy atom. The van der Waals surface area contributed by atoms with E-state index in [2.05, 4.69) is 10.1 Å². The summed E-state index contributed by atoms with van der Waals surface area (Å²) in [5, 5.41) is 11.2. The summed E-state index contributed by atoms with van der Waals surface area (Å²) in [7, 11) is 5.95. The van der Waals surface area contributed by atoms with Gasteiger partial charge in [-0.3, -0.25) is 4.90 Å². The van der Waals surface area contributed by atoms with Gasteiger partial charge < -0.3 is 15.8 Å². The normalized spacial score (nSPS) is 12.9. The molecule has 0 heterocycles. The third-order valence-corrected chi connectivity index (χ3v) is 1.49. The number of likely N-dealkylation sites (N-methyl/N-ethyl adjacent to an activating group) is 2. The van der Waals surface area contributed by atoms with Crippen molar-refractivity contribution in [2.75, 3.05) is 40.8 Å². The van der Waals surface area contributed by atoms with E-state index < -0.39 is 0 Å². The van der Waals surface area contributed by atoms with Gasteiger partial charge in [0.15, 0.2) is 5.84 Å². The topological polar surface area (TPSA) is 65.1 Å². The molecule has 0 saturated carbocycles. The van der Waals surface area contributed by atoms with Gasteiger partial charge in [0.05, 0.1) is 6.54 Å². The first-order valence-electron chi connectivity index (χ1n) is 3.86. The number of amidine groups is 1. The van der Waals surface area contributed by atoms with E-state index in [0.29, 0.717) is 6.54 Å². The summed E-state index contributed by atoms with van der Waals surface area (Å²) >= 11 is 0. The predicted molar refractivity (Wildman–Crippen MR) is 49.5 cm³/mol. The maximum Gasteiger partial charge on any atom is 0.153 e. The molecule has 0 bridgehead atoms. The fourth-order valence-corrected chi connectivity index (χ4v) is 0.758. The van der Waals surface area contributed by atoms with Crippen molar-refractivity contribution in [1.29, 1.82) is 0 Å². The van der Waals surface area contributed by atoms with Crippen LogP contribution < -0.4 is 5.73 Å². The van der Waals surface area contributed by atoms with Crippen LogP contribution in [0.3, 0.4) is 0 Å². The summed E-state index contributed by atoms with van der Waals surface area (Å²) in [6, 6.07) is 0. The van der Waals surface area contributed by atoms with E-state index in [1.165, 1.54) is 0 Å². The SMILES string of the molecule is CN(C)CCN(C)CC(N)=NO. The maximum atomic E-state index is 8.29. The fraction of sp³-hybridized carbons (Fsp3) is 0.857. The molecule has 0 fully saturated rings. The molecule has 0 unspecified atom stereocenters. The van der Waals surface area contributed by atoms with E-state index in [1.54, 1.807) is 0 Å². The van der Waals surface area contributed by atoms with Gasteiger partial charge in [-0.05, 0) is 21.1 Å². The highest BCUT2D eigenvalue weighted by Crippen LogP contribution is 1.83. The van der Waals surface area contributed by atoms with E-state index in [4.69, 9.17) is 10.9 Å². The summed E-state index contributed by atoms with van der Waals surface area (Å²) in [5.74, 6) is 0.247. The maximum absolute atomic E-state index is 8.29. The highest BCUT2D eigenvalue weighted by molar-refractivity contribution is 5.81. The molecule has 0 saturated heterocycles. The second-order valence-corrected chi connectivity index (χ2v) is 3.13. The molecule has 72 valence electrons. The Balaban J connectivity index is 3.53. The van der Waals surface area contributed by atoms with Crippen molar-refractivity contribution in [3.05, 3.63) is 0 Å². The van der Waals surface area contributed by atoms with Crippen LogP contribution in [0, 0.1) is 0 Å². The Hall–Kier alpha value is -0.810. The fourth-order valence-electron chi connectivity index (χ4n) is 0.758. The van der Waals surface area contributed by atoms with Crippen LogP contribution in [0.4, 0.5) is 0 Å². The molecular weight excluding hydrogens is 156 g/mol. The summed E-state index contributed by atoms with van der Waals surface area (Å²) in [4.78, 5) is 4.08. The standard InChI is InChI=1S/C7H18N4O/c1-10(2)4-5-11(3)6-7(8)9-12/h12H,4-6H2,1-3H3,(H2,8,9). The Kier molecular flexibility index (Phi) is 5.40. The zero-order valence-electron chi connectivity index (χ0n) is 7.99. The highest BCUT2D eigenvalue weighted by atomic mass is 16.4. The third-order valence-electron chi connectivity index (χ3n) is 1.49. The van der Waals surface area contributed by atoms with Gasteiger partial charge in [0, 0.05) is 13.1 Å². The first kappa shape index (κ1) is 11.2. The number of hydrogen-bond acceptors (Lipinski definition) is 4. The van der Waals surface area contributed by atoms with Gasteiger partial charge in [0.1, 0.15) is 0 Å². The minimum atomic E-state index is 0.247. The second kappa shape index (κ2) is 5.79. The molecule has 12 heavy (non-hydrogen) atoms. The molecule has 0 spiro atoms. The largest absolute Gasteiger partial charge is 0.409 e. The molecule has 0 aliphatic rings. The molecule has 0 aliphatic heterocycles. The summed E-state index contributed by atoms with van der Waals surface area (Å²) in [5.41, 5.74) is 5.32. The van der Waals surface area contributed by atoms with E-state index in [-0.39, 0.29) is 5.84 Å². The zero-order valence-corrected chi connectivity index (χ0v) is 7.99. The Bertz CT molecular complexity index is 146. The molecule has 3 N–H and O–H groups in total. The molecule has 0 aromatic carbocycles. The molecule has 0 rings (SSSR count). The second-order valence-electron chi connectivity index (χ2n) is 3.13. The van der Waals surface area contributed by atoms with E-state index in [9.17, 15) is 0 Å². The predicted octanol–water partition coefficient (Wildman–Crippen LogP) is -0.774. The molecule has 0 aromatic rings. The minimum Gasteiger partial charge on any atom is -0.409 e. The van der Waals surface area contributed by atoms with Crippen molar-refractivity contribution in [2.24, 2.45) is 10.9 Å². The third kappa shape index (κ3) is 5.94. The Labute approximate surface area is 73.4 Å². The van der Waals surface area contributed by atoms with Crippen molar-refractivity contribution in [3.63, 3.8) is 0 Å². The first-order chi connectivity index (χ1) is 5.56. The molecule has 0 aliphatic carbocycles. The zero-order chi connectivity index (χ0) is 9.56. The quantitative estimate of drug-likeness (QED) is 0.248. The van der Waals surface area contributed by atoms with Gasteiger partial charge in [-0.1, -0.05) is 5.16 Å². The van der Waals surface area contributed by atoms with E-state index in [1.807, 2.05) is 26.0 Å². The van der Waals surface area contributed by atoms with Crippen LogP contribution in [0.5, 0.6) is 0 Å². The molecule has 0 atom stereocenters. The van der Waals surface area contributed by atoms with Crippen LogP contribution in [-0.4, -0.2) is 61.6 Å². The number of nitrogens with zero attached hydrogens (tertiary/aromatic N) is 3. The van der Waals surface area contributed by atoms with Crippen LogP contribution in [-0.2, 0) is 0 Å². The van der Waals surface area contributed by atoms with Crippen LogP contribution in [0.15, 0.2) is 5.16 Å². The highest BCUT2D eigenvalue weighted by Gasteiger charge is 2.01. The monoisotopic (exact) mass is 174 g/mol. The number of hydrogen-bond donors (Lipinski definition) is 2. The van der Waals surface area contributed by atoms with Crippen LogP contribution in [0.25, 0.3) is 0 Å². The van der Waals surface area contributed by atoms with Crippen molar-refractivity contribution in [1.82, 2.24) is 9.80 Å². The van der Waals surface area contributed by atoms with Crippen LogP contribution in [0.1, 0.15) is 0 Å². The molecule has 5 heteroatoms. The first-order valence-corrected chi connectivity index (χ1v) is 3.86. The molecule has 0 aromatic heterocycles. The average molecular weight is 174 g/mol. The van der Waals surface area contributed by atoms with Gasteiger partial charge in [0.2, 0.25) is 0 Å². The van der Waals surface area contributed by atoms with Gasteiger partial charge in [-0.25, -0.2) is 0 Å². The van der Waals surface area contributed by atoms with Gasteiger partial charge >= 0.3 is 0 Å². The van der Waals surface area contributed by atoms with Gasteiger partial charge in [0.25, 0.3) is 0 Å². The average Bonchev–Trinajstić information content (AvgIpc) is 2.00. The summed E-state index contributed by atoms with van der Waals surface area (Å²) < 4.78 is 0. The smallest absolute Gasteiger partial charge is 0.153 e. The van der Waals surface area contributed by atoms with Crippen LogP contribution >= 0.6 is 0 Å². The lowest BCUT2D eigenvalue weighted by Gasteiger charge is -2.18. The lowest BCUT2D eigenvalue weighted by Crippen LogP contribution is -2.35. The molecule has 0 amide bonds. The van der Waals surface area contributed by atoms with Crippen molar-refractivity contribution in [2.45, 2.75) is 0 Å². The van der Waals surface area contributed by atoms with E-state index >= 15 is 0 Å². The summed E-state index contributed by atoms with van der Waals surface area (Å²) in [6.45, 7) is 2.38. The molecular formula is C7H18N4O. The van der Waals surface area contributed by atoms with Crippen LogP contribution in [0.2, 0.25) is 0 Å². The Morgan fingerprint density at radius 1 is 1.33 bits per heavy atom. The van der Waals surface area contributed by atoms with Gasteiger partial charge in [-0.2, -0.15) is 0 Å². The van der Waals surface area contributed by atoms with Crippen molar-refractivity contribution in [3.8, 4) is 0 Å². The lowest BCUT2D eigenvalue weighted by atomic mass is 10.4. The lowest BCUT2D eigenvalue weighted by molar-refractivity contribution is 0.293. The molecule has 5 nitrogen and oxygen atoms in total.